The van der Waals surface area contributed by atoms with E-state index in [2.05, 4.69) is 106 Å². The molecule has 8 aliphatic carbocycles. The topological polar surface area (TPSA) is 89.5 Å². The number of allylic oxidation sites excluding steroid dienone is 2. The molecule has 16 atom stereocenters. The van der Waals surface area contributed by atoms with E-state index in [1.807, 2.05) is 24.3 Å². The van der Waals surface area contributed by atoms with Crippen molar-refractivity contribution in [2.24, 2.45) is 92.7 Å². The molecule has 10 heteroatoms. The molecule has 0 spiro atoms. The van der Waals surface area contributed by atoms with Crippen LogP contribution in [-0.4, -0.2) is 50.9 Å². The normalized spacial score (nSPS) is 31.0. The highest BCUT2D eigenvalue weighted by molar-refractivity contribution is 7.96. The number of thiol groups is 2. The van der Waals surface area contributed by atoms with Gasteiger partial charge >= 0.3 is 12.3 Å². The number of benzene rings is 2. The number of fused-ring (bicyclic) bond motifs is 10. The summed E-state index contributed by atoms with van der Waals surface area (Å²) >= 11 is 9.78. The molecule has 102 heavy (non-hydrogen) atoms. The zero-order valence-electron chi connectivity index (χ0n) is 66.1. The van der Waals surface area contributed by atoms with E-state index in [1.54, 1.807) is 11.1 Å². The van der Waals surface area contributed by atoms with Crippen LogP contribution in [0.5, 0.6) is 11.5 Å². The van der Waals surface area contributed by atoms with Gasteiger partial charge in [-0.3, -0.25) is 0 Å². The maximum absolute atomic E-state index is 12.9. The Labute approximate surface area is 633 Å². The highest BCUT2D eigenvalue weighted by Gasteiger charge is 2.61. The molecule has 0 heterocycles. The van der Waals surface area contributed by atoms with Gasteiger partial charge in [0.25, 0.3) is 0 Å². The lowest BCUT2D eigenvalue weighted by atomic mass is 9.47. The Bertz CT molecular complexity index is 2790. The molecule has 2 aromatic carbocycles. The third-order valence-electron chi connectivity index (χ3n) is 29.1. The predicted molar refractivity (Wildman–Crippen MR) is 430 cm³/mol. The highest BCUT2D eigenvalue weighted by atomic mass is 32.1. The molecule has 0 radical (unpaired) electrons. The fourth-order valence-corrected chi connectivity index (χ4v) is 23.7. The van der Waals surface area contributed by atoms with E-state index in [4.69, 9.17) is 53.7 Å². The summed E-state index contributed by atoms with van der Waals surface area (Å²) in [7, 11) is 0. The number of carbonyl (C=O) groups excluding carboxylic acids is 2. The first-order valence-electron chi connectivity index (χ1n) is 42.8. The average Bonchev–Trinajstić information content (AvgIpc) is 1.37. The van der Waals surface area contributed by atoms with Gasteiger partial charge in [-0.25, -0.2) is 9.59 Å². The zero-order chi connectivity index (χ0) is 72.3. The van der Waals surface area contributed by atoms with Crippen molar-refractivity contribution in [2.75, 3.05) is 26.4 Å². The van der Waals surface area contributed by atoms with E-state index in [0.717, 1.165) is 181 Å². The van der Waals surface area contributed by atoms with Crippen LogP contribution in [0, 0.1) is 92.7 Å². The second-order valence-electron chi connectivity index (χ2n) is 36.5. The van der Waals surface area contributed by atoms with Gasteiger partial charge in [-0.2, -0.15) is 0 Å². The Morgan fingerprint density at radius 3 is 1.10 bits per heavy atom. The van der Waals surface area contributed by atoms with Crippen LogP contribution in [0.1, 0.15) is 337 Å². The van der Waals surface area contributed by atoms with Gasteiger partial charge in [0.05, 0.1) is 26.4 Å². The Balaban J connectivity index is 0.492. The van der Waals surface area contributed by atoms with Crippen LogP contribution in [0.4, 0.5) is 9.59 Å². The summed E-state index contributed by atoms with van der Waals surface area (Å²) < 4.78 is 35.5. The Morgan fingerprint density at radius 2 is 0.745 bits per heavy atom. The number of unbranched alkanes of at least 4 members (excludes halogenated alkanes) is 16. The number of ether oxygens (including phenoxy) is 6. The van der Waals surface area contributed by atoms with Crippen LogP contribution in [0.25, 0.3) is 9.81 Å². The van der Waals surface area contributed by atoms with Gasteiger partial charge in [0, 0.05) is 22.7 Å². The second-order valence-corrected chi connectivity index (χ2v) is 37.4. The van der Waals surface area contributed by atoms with E-state index in [1.165, 1.54) is 180 Å². The van der Waals surface area contributed by atoms with Gasteiger partial charge < -0.3 is 28.4 Å². The molecule has 0 unspecified atom stereocenters. The molecule has 0 bridgehead atoms. The molecule has 0 N–H and O–H groups in total. The van der Waals surface area contributed by atoms with Crippen molar-refractivity contribution in [2.45, 2.75) is 338 Å². The molecule has 10 rings (SSSR count). The molecule has 572 valence electrons. The SMILES string of the molecule is CC(C)CCC[C@@H](C)[C@H]1CC[C@H]2[C@@H]3CC=C4C[C@@H](OC(=O)OCCCCCCCCCCCOc5ccc(/C(S)=C(\S)c6ccc(OCCCCCCCCCCCOC(=O)O[C@H]7CC[C@@]8(C)C(=CC[C@H]9[C@@H]%10CC[C@H]([C@H](C)CCCC(C)C)[C@@]%10(C)CC[C@@H]98)C7)cc6)cc5)CC[C@]4(C)[C@H]3CC[C@]12C. The second kappa shape index (κ2) is 39.0. The van der Waals surface area contributed by atoms with Crippen molar-refractivity contribution in [3.05, 3.63) is 83.0 Å². The number of rotatable bonds is 40. The fourth-order valence-electron chi connectivity index (χ4n) is 23.1. The van der Waals surface area contributed by atoms with Crippen LogP contribution in [0.2, 0.25) is 0 Å². The van der Waals surface area contributed by atoms with Crippen molar-refractivity contribution in [1.82, 2.24) is 0 Å². The van der Waals surface area contributed by atoms with Crippen LogP contribution in [0.15, 0.2) is 71.8 Å². The standard InChI is InChI=1S/C92H144O8S2/c1-65(2)31-29-33-67(5)79-47-49-81-77-45-39-71-63-75(51-55-89(71,7)83(77)53-57-91(79,81)9)99-87(93)97-61-27-23-19-15-11-13-17-21-25-59-95-73-41-35-69(36-42-73)85(101)86(102)70-37-43-74(44-38-70)96-60-26-22-18-14-12-16-20-24-28-62-98-88(94)100-76-52-56-90(8)72(64-76)40-46-78-82-50-48-80(68(6)34-30-32-66(3)4)92(82,10)58-54-84(78)90/h35-44,65-68,75-84,101-102H,11-34,45-64H2,1-10H3/b86-85+/t67-,68-,75+,76+,77+,78+,79-,80-,81+,82+,83+,84+,89+,90+,91-,92-/m1/s1. The summed E-state index contributed by atoms with van der Waals surface area (Å²) in [6.07, 6.45) is 52.9. The molecule has 0 aliphatic heterocycles. The Morgan fingerprint density at radius 1 is 0.402 bits per heavy atom. The number of hydrogen-bond acceptors (Lipinski definition) is 10. The smallest absolute Gasteiger partial charge is 0.494 e. The summed E-state index contributed by atoms with van der Waals surface area (Å²) in [6.45, 7) is 27.5. The number of hydrogen-bond donors (Lipinski definition) is 2. The monoisotopic (exact) mass is 1440 g/mol. The van der Waals surface area contributed by atoms with E-state index in [9.17, 15) is 9.59 Å². The van der Waals surface area contributed by atoms with Gasteiger partial charge in [0.15, 0.2) is 0 Å². The molecule has 6 saturated carbocycles. The largest absolute Gasteiger partial charge is 0.508 e. The Kier molecular flexibility index (Phi) is 31.0. The summed E-state index contributed by atoms with van der Waals surface area (Å²) in [5, 5.41) is 0. The van der Waals surface area contributed by atoms with Crippen molar-refractivity contribution in [3.8, 4) is 11.5 Å². The van der Waals surface area contributed by atoms with Gasteiger partial charge in [-0.15, -0.1) is 25.3 Å². The van der Waals surface area contributed by atoms with Crippen LogP contribution in [-0.2, 0) is 18.9 Å². The minimum Gasteiger partial charge on any atom is -0.494 e. The van der Waals surface area contributed by atoms with Crippen LogP contribution in [0.3, 0.4) is 0 Å². The predicted octanol–water partition coefficient (Wildman–Crippen LogP) is 27.3. The molecule has 8 aliphatic rings. The molecule has 0 aromatic heterocycles. The Hall–Kier alpha value is -3.50. The van der Waals surface area contributed by atoms with Crippen LogP contribution < -0.4 is 9.47 Å². The maximum Gasteiger partial charge on any atom is 0.508 e. The number of carbonyl (C=O) groups is 2. The van der Waals surface area contributed by atoms with E-state index >= 15 is 0 Å². The molecule has 6 fully saturated rings. The highest BCUT2D eigenvalue weighted by Crippen LogP contribution is 2.69. The summed E-state index contributed by atoms with van der Waals surface area (Å²) in [5.74, 6) is 11.8. The molecular weight excluding hydrogens is 1300 g/mol. The molecule has 2 aromatic rings. The minimum atomic E-state index is -0.466. The summed E-state index contributed by atoms with van der Waals surface area (Å²) in [5.41, 5.74) is 6.69. The van der Waals surface area contributed by atoms with Crippen molar-refractivity contribution in [1.29, 1.82) is 0 Å². The maximum atomic E-state index is 12.9. The van der Waals surface area contributed by atoms with Gasteiger partial charge in [0.2, 0.25) is 0 Å². The van der Waals surface area contributed by atoms with Gasteiger partial charge in [-0.05, 0) is 244 Å². The van der Waals surface area contributed by atoms with Crippen molar-refractivity contribution in [3.63, 3.8) is 0 Å². The van der Waals surface area contributed by atoms with E-state index in [0.29, 0.717) is 37.3 Å². The lowest BCUT2D eigenvalue weighted by molar-refractivity contribution is -0.0617. The quantitative estimate of drug-likeness (QED) is 0.0224. The van der Waals surface area contributed by atoms with Crippen molar-refractivity contribution >= 4 is 47.4 Å². The lowest BCUT2D eigenvalue weighted by Gasteiger charge is -2.58. The third-order valence-corrected chi connectivity index (χ3v) is 30.2. The first-order chi connectivity index (χ1) is 49.2. The summed E-state index contributed by atoms with van der Waals surface area (Å²) in [4.78, 5) is 27.4. The van der Waals surface area contributed by atoms with Gasteiger partial charge in [0.1, 0.15) is 23.7 Å². The van der Waals surface area contributed by atoms with Crippen molar-refractivity contribution < 1.29 is 38.0 Å². The van der Waals surface area contributed by atoms with Crippen LogP contribution >= 0.6 is 25.3 Å². The average molecular weight is 1440 g/mol. The van der Waals surface area contributed by atoms with Gasteiger partial charge in [-0.1, -0.05) is 245 Å². The fraction of sp³-hybridized carbons (Fsp3) is 0.783. The van der Waals surface area contributed by atoms with E-state index < -0.39 is 12.3 Å². The first-order valence-corrected chi connectivity index (χ1v) is 43.7. The zero-order valence-corrected chi connectivity index (χ0v) is 67.9. The summed E-state index contributed by atoms with van der Waals surface area (Å²) in [6, 6.07) is 16.4. The third kappa shape index (κ3) is 21.0. The molecule has 0 saturated heterocycles. The lowest BCUT2D eigenvalue weighted by Crippen LogP contribution is -2.51. The molecular formula is C92H144O8S2. The van der Waals surface area contributed by atoms with E-state index in [-0.39, 0.29) is 23.0 Å². The molecule has 8 nitrogen and oxygen atoms in total. The minimum absolute atomic E-state index is 0.0506. The molecule has 0 amide bonds. The first kappa shape index (κ1) is 81.0.